The minimum atomic E-state index is -0.868. The number of amides is 1. The van der Waals surface area contributed by atoms with Crippen LogP contribution in [0.5, 0.6) is 0 Å². The van der Waals surface area contributed by atoms with E-state index in [1.54, 1.807) is 0 Å². The first kappa shape index (κ1) is 33.3. The van der Waals surface area contributed by atoms with E-state index in [9.17, 15) is 19.8 Å². The SMILES string of the molecule is CC(=O)O[C@@H](C)C(=O)NCc1ccc(C2O[C@H](CN(C)[C@@H](C)[C@H](O)c3ccccc3)[C@H](C)[C@H](c3ccc(CO)cc3)O2)cc1. The molecule has 0 aromatic heterocycles. The Kier molecular flexibility index (Phi) is 11.7. The molecule has 0 aliphatic carbocycles. The molecule has 4 rings (SSSR count). The van der Waals surface area contributed by atoms with Gasteiger partial charge in [-0.25, -0.2) is 0 Å². The first-order valence-electron chi connectivity index (χ1n) is 15.0. The Morgan fingerprint density at radius 2 is 1.55 bits per heavy atom. The van der Waals surface area contributed by atoms with Gasteiger partial charge in [0, 0.05) is 37.5 Å². The fraction of sp³-hybridized carbons (Fsp3) is 0.429. The van der Waals surface area contributed by atoms with Crippen LogP contribution in [0.2, 0.25) is 0 Å². The number of rotatable bonds is 12. The molecule has 44 heavy (non-hydrogen) atoms. The van der Waals surface area contributed by atoms with Gasteiger partial charge >= 0.3 is 5.97 Å². The fourth-order valence-corrected chi connectivity index (χ4v) is 5.38. The van der Waals surface area contributed by atoms with E-state index in [1.165, 1.54) is 13.8 Å². The van der Waals surface area contributed by atoms with Gasteiger partial charge in [0.05, 0.1) is 24.9 Å². The van der Waals surface area contributed by atoms with Crippen LogP contribution in [0.3, 0.4) is 0 Å². The lowest BCUT2D eigenvalue weighted by Crippen LogP contribution is -2.46. The molecular weight excluding hydrogens is 560 g/mol. The zero-order valence-corrected chi connectivity index (χ0v) is 26.1. The molecule has 1 saturated heterocycles. The molecule has 0 radical (unpaired) electrons. The lowest BCUT2D eigenvalue weighted by atomic mass is 9.89. The Morgan fingerprint density at radius 3 is 2.16 bits per heavy atom. The number of esters is 1. The molecular formula is C35H44N2O7. The van der Waals surface area contributed by atoms with Crippen molar-refractivity contribution in [3.63, 3.8) is 0 Å². The number of likely N-dealkylation sites (N-methyl/N-ethyl adjacent to an activating group) is 1. The third-order valence-corrected chi connectivity index (χ3v) is 8.32. The summed E-state index contributed by atoms with van der Waals surface area (Å²) in [7, 11) is 1.99. The van der Waals surface area contributed by atoms with Crippen molar-refractivity contribution in [3.8, 4) is 0 Å². The number of hydrogen-bond donors (Lipinski definition) is 3. The van der Waals surface area contributed by atoms with Gasteiger partial charge in [-0.1, -0.05) is 85.8 Å². The molecule has 3 aromatic rings. The summed E-state index contributed by atoms with van der Waals surface area (Å²) in [6, 6.07) is 24.9. The molecule has 9 heteroatoms. The summed E-state index contributed by atoms with van der Waals surface area (Å²) in [5.41, 5.74) is 4.40. The number of nitrogens with one attached hydrogen (secondary N) is 1. The second-order valence-corrected chi connectivity index (χ2v) is 11.6. The minimum Gasteiger partial charge on any atom is -0.453 e. The van der Waals surface area contributed by atoms with Gasteiger partial charge in [0.15, 0.2) is 12.4 Å². The average molecular weight is 605 g/mol. The van der Waals surface area contributed by atoms with Crippen LogP contribution >= 0.6 is 0 Å². The van der Waals surface area contributed by atoms with Gasteiger partial charge in [0.2, 0.25) is 0 Å². The lowest BCUT2D eigenvalue weighted by molar-refractivity contribution is -0.276. The third kappa shape index (κ3) is 8.52. The quantitative estimate of drug-likeness (QED) is 0.257. The van der Waals surface area contributed by atoms with Crippen LogP contribution < -0.4 is 5.32 Å². The maximum atomic E-state index is 12.2. The number of benzene rings is 3. The maximum Gasteiger partial charge on any atom is 0.303 e. The minimum absolute atomic E-state index is 0.0107. The Labute approximate surface area is 259 Å². The third-order valence-electron chi connectivity index (χ3n) is 8.32. The zero-order chi connectivity index (χ0) is 31.8. The van der Waals surface area contributed by atoms with Crippen molar-refractivity contribution >= 4 is 11.9 Å². The number of nitrogens with zero attached hydrogens (tertiary/aromatic N) is 1. The van der Waals surface area contributed by atoms with Crippen molar-refractivity contribution < 1.29 is 34.0 Å². The standard InChI is InChI=1S/C35H44N2O7/c1-22-31(20-37(5)23(2)32(40)28-9-7-6-8-10-28)43-35(44-33(22)29-15-13-27(21-38)14-16-29)30-17-11-26(12-18-30)19-36-34(41)24(3)42-25(4)39/h6-18,22-24,31-33,35,38,40H,19-21H2,1-5H3,(H,36,41)/t22-,23-,24-,31+,32-,33+,35?/m0/s1. The van der Waals surface area contributed by atoms with Crippen LogP contribution in [-0.2, 0) is 37.0 Å². The molecule has 1 unspecified atom stereocenters. The van der Waals surface area contributed by atoms with Gasteiger partial charge in [-0.2, -0.15) is 0 Å². The molecule has 3 N–H and O–H groups in total. The fourth-order valence-electron chi connectivity index (χ4n) is 5.38. The molecule has 0 bridgehead atoms. The molecule has 0 spiro atoms. The van der Waals surface area contributed by atoms with E-state index in [0.29, 0.717) is 6.54 Å². The van der Waals surface area contributed by atoms with Crippen molar-refractivity contribution in [3.05, 3.63) is 107 Å². The Hall–Kier alpha value is -3.60. The molecule has 1 heterocycles. The van der Waals surface area contributed by atoms with Crippen molar-refractivity contribution in [1.82, 2.24) is 10.2 Å². The van der Waals surface area contributed by atoms with Crippen LogP contribution in [0.15, 0.2) is 78.9 Å². The number of aliphatic hydroxyl groups is 2. The van der Waals surface area contributed by atoms with E-state index >= 15 is 0 Å². The number of carbonyl (C=O) groups is 2. The summed E-state index contributed by atoms with van der Waals surface area (Å²) >= 11 is 0. The van der Waals surface area contributed by atoms with E-state index in [4.69, 9.17) is 14.2 Å². The number of aliphatic hydroxyl groups excluding tert-OH is 2. The molecule has 1 aliphatic rings. The van der Waals surface area contributed by atoms with E-state index in [-0.39, 0.29) is 43.2 Å². The lowest BCUT2D eigenvalue weighted by Gasteiger charge is -2.43. The average Bonchev–Trinajstić information content (AvgIpc) is 3.04. The Morgan fingerprint density at radius 1 is 0.932 bits per heavy atom. The summed E-state index contributed by atoms with van der Waals surface area (Å²) < 4.78 is 18.1. The smallest absolute Gasteiger partial charge is 0.303 e. The van der Waals surface area contributed by atoms with E-state index in [1.807, 2.05) is 92.8 Å². The van der Waals surface area contributed by atoms with Crippen LogP contribution in [0.25, 0.3) is 0 Å². The van der Waals surface area contributed by atoms with Gasteiger partial charge in [0.25, 0.3) is 5.91 Å². The molecule has 236 valence electrons. The normalized spacial score (nSPS) is 22.2. The van der Waals surface area contributed by atoms with E-state index in [0.717, 1.165) is 27.8 Å². The van der Waals surface area contributed by atoms with E-state index in [2.05, 4.69) is 17.1 Å². The van der Waals surface area contributed by atoms with Crippen LogP contribution in [0.1, 0.15) is 74.0 Å². The predicted octanol–water partition coefficient (Wildman–Crippen LogP) is 4.59. The van der Waals surface area contributed by atoms with Gasteiger partial charge < -0.3 is 29.7 Å². The van der Waals surface area contributed by atoms with Gasteiger partial charge in [-0.3, -0.25) is 14.5 Å². The van der Waals surface area contributed by atoms with Crippen molar-refractivity contribution in [1.29, 1.82) is 0 Å². The highest BCUT2D eigenvalue weighted by molar-refractivity contribution is 5.82. The molecule has 0 saturated carbocycles. The van der Waals surface area contributed by atoms with Crippen molar-refractivity contribution in [2.24, 2.45) is 5.92 Å². The summed E-state index contributed by atoms with van der Waals surface area (Å²) in [5, 5.41) is 23.4. The zero-order valence-electron chi connectivity index (χ0n) is 26.1. The van der Waals surface area contributed by atoms with Crippen LogP contribution in [0.4, 0.5) is 0 Å². The van der Waals surface area contributed by atoms with Gasteiger partial charge in [-0.15, -0.1) is 0 Å². The highest BCUT2D eigenvalue weighted by Crippen LogP contribution is 2.42. The van der Waals surface area contributed by atoms with E-state index < -0.39 is 24.5 Å². The number of carbonyl (C=O) groups excluding carboxylic acids is 2. The van der Waals surface area contributed by atoms with Gasteiger partial charge in [-0.05, 0) is 43.1 Å². The number of ether oxygens (including phenoxy) is 3. The Bertz CT molecular complexity index is 1350. The predicted molar refractivity (Wildman–Crippen MR) is 166 cm³/mol. The van der Waals surface area contributed by atoms with Gasteiger partial charge in [0.1, 0.15) is 0 Å². The maximum absolute atomic E-state index is 12.2. The molecule has 3 aromatic carbocycles. The summed E-state index contributed by atoms with van der Waals surface area (Å²) in [5.74, 6) is -0.887. The van der Waals surface area contributed by atoms with Crippen LogP contribution in [-0.4, -0.2) is 58.8 Å². The highest BCUT2D eigenvalue weighted by Gasteiger charge is 2.39. The molecule has 1 amide bonds. The monoisotopic (exact) mass is 604 g/mol. The summed E-state index contributed by atoms with van der Waals surface area (Å²) in [6.07, 6.45) is -2.65. The first-order valence-corrected chi connectivity index (χ1v) is 15.0. The second-order valence-electron chi connectivity index (χ2n) is 11.6. The van der Waals surface area contributed by atoms with Crippen LogP contribution in [0, 0.1) is 5.92 Å². The largest absolute Gasteiger partial charge is 0.453 e. The molecule has 1 aliphatic heterocycles. The number of hydrogen-bond acceptors (Lipinski definition) is 8. The Balaban J connectivity index is 1.50. The van der Waals surface area contributed by atoms with Crippen molar-refractivity contribution in [2.75, 3.05) is 13.6 Å². The topological polar surface area (TPSA) is 118 Å². The molecule has 7 atom stereocenters. The second kappa shape index (κ2) is 15.4. The van der Waals surface area contributed by atoms with Crippen molar-refractivity contribution in [2.45, 2.75) is 77.6 Å². The first-order chi connectivity index (χ1) is 21.1. The molecule has 1 fully saturated rings. The highest BCUT2D eigenvalue weighted by atomic mass is 16.7. The molecule has 9 nitrogen and oxygen atoms in total. The summed E-state index contributed by atoms with van der Waals surface area (Å²) in [6.45, 7) is 7.74. The summed E-state index contributed by atoms with van der Waals surface area (Å²) in [4.78, 5) is 25.5.